The van der Waals surface area contributed by atoms with E-state index in [1.54, 1.807) is 0 Å². The second kappa shape index (κ2) is 7.39. The maximum absolute atomic E-state index is 12.4. The van der Waals surface area contributed by atoms with Crippen LogP contribution in [0.25, 0.3) is 0 Å². The maximum atomic E-state index is 12.4. The Kier molecular flexibility index (Phi) is 5.86. The van der Waals surface area contributed by atoms with E-state index in [-0.39, 0.29) is 32.8 Å². The van der Waals surface area contributed by atoms with E-state index in [1.807, 2.05) is 0 Å². The molecule has 0 spiro atoms. The Morgan fingerprint density at radius 1 is 1.36 bits per heavy atom. The summed E-state index contributed by atoms with van der Waals surface area (Å²) in [5.41, 5.74) is 5.71. The minimum absolute atomic E-state index is 0.00552. The summed E-state index contributed by atoms with van der Waals surface area (Å²) >= 11 is 11.7. The molecule has 1 aliphatic rings. The van der Waals surface area contributed by atoms with Gasteiger partial charge >= 0.3 is 5.97 Å². The first-order valence-electron chi connectivity index (χ1n) is 7.44. The van der Waals surface area contributed by atoms with Crippen molar-refractivity contribution in [2.75, 3.05) is 24.3 Å². The normalized spacial score (nSPS) is 20.1. The van der Waals surface area contributed by atoms with Gasteiger partial charge in [0, 0.05) is 18.1 Å². The van der Waals surface area contributed by atoms with Gasteiger partial charge < -0.3 is 15.4 Å². The minimum Gasteiger partial charge on any atom is -0.449 e. The lowest BCUT2D eigenvalue weighted by Gasteiger charge is -2.26. The summed E-state index contributed by atoms with van der Waals surface area (Å²) in [6.45, 7) is 1.41. The molecule has 1 aromatic rings. The molecular weight excluding hydrogens is 391 g/mol. The summed E-state index contributed by atoms with van der Waals surface area (Å²) in [6, 6.07) is 2.26. The summed E-state index contributed by atoms with van der Waals surface area (Å²) < 4.78 is 28.2. The number of halogens is 2. The topological polar surface area (TPSA) is 107 Å². The number of nitrogen functional groups attached to an aromatic ring is 1. The van der Waals surface area contributed by atoms with Crippen LogP contribution in [0.2, 0.25) is 10.0 Å². The standard InChI is InChI=1S/C15H18Cl2N2O5S/c1-8(14(20)19(2)10-3-4-25(22,23)7-10)24-15(21)11-5-9(16)6-12(17)13(11)18/h5-6,8,10H,3-4,7,18H2,1-2H3/t8-,10+/m0/s1. The van der Waals surface area contributed by atoms with Gasteiger partial charge in [-0.2, -0.15) is 0 Å². The monoisotopic (exact) mass is 408 g/mol. The number of likely N-dealkylation sites (N-methyl/N-ethyl adjacent to an activating group) is 1. The number of sulfone groups is 1. The molecule has 1 fully saturated rings. The van der Waals surface area contributed by atoms with Crippen LogP contribution in [0.5, 0.6) is 0 Å². The Balaban J connectivity index is 2.07. The third-order valence-electron chi connectivity index (χ3n) is 4.05. The number of rotatable bonds is 4. The van der Waals surface area contributed by atoms with Gasteiger partial charge in [0.15, 0.2) is 15.9 Å². The first-order valence-corrected chi connectivity index (χ1v) is 10.0. The molecule has 0 unspecified atom stereocenters. The molecule has 1 aromatic carbocycles. The van der Waals surface area contributed by atoms with Crippen LogP contribution in [-0.2, 0) is 19.4 Å². The number of hydrogen-bond acceptors (Lipinski definition) is 6. The molecule has 0 saturated carbocycles. The summed E-state index contributed by atoms with van der Waals surface area (Å²) in [5, 5.41) is 0.310. The number of benzene rings is 1. The van der Waals surface area contributed by atoms with Crippen molar-refractivity contribution in [3.63, 3.8) is 0 Å². The highest BCUT2D eigenvalue weighted by Crippen LogP contribution is 2.28. The fourth-order valence-electron chi connectivity index (χ4n) is 2.58. The molecule has 2 rings (SSSR count). The third-order valence-corrected chi connectivity index (χ3v) is 6.33. The van der Waals surface area contributed by atoms with Gasteiger partial charge in [0.05, 0.1) is 27.8 Å². The highest BCUT2D eigenvalue weighted by molar-refractivity contribution is 7.91. The lowest BCUT2D eigenvalue weighted by Crippen LogP contribution is -2.44. The van der Waals surface area contributed by atoms with Gasteiger partial charge in [0.2, 0.25) is 0 Å². The number of nitrogens with zero attached hydrogens (tertiary/aromatic N) is 1. The zero-order valence-corrected chi connectivity index (χ0v) is 16.0. The summed E-state index contributed by atoms with van der Waals surface area (Å²) in [5.74, 6) is -1.38. The second-order valence-corrected chi connectivity index (χ2v) is 8.97. The van der Waals surface area contributed by atoms with E-state index in [0.29, 0.717) is 6.42 Å². The van der Waals surface area contributed by atoms with Crippen LogP contribution in [0.1, 0.15) is 23.7 Å². The molecule has 2 N–H and O–H groups in total. The fourth-order valence-corrected chi connectivity index (χ4v) is 4.84. The molecule has 1 aliphatic heterocycles. The van der Waals surface area contributed by atoms with Gasteiger partial charge in [-0.1, -0.05) is 23.2 Å². The lowest BCUT2D eigenvalue weighted by atomic mass is 10.2. The van der Waals surface area contributed by atoms with Crippen molar-refractivity contribution in [1.82, 2.24) is 4.90 Å². The third kappa shape index (κ3) is 4.56. The van der Waals surface area contributed by atoms with Crippen molar-refractivity contribution in [1.29, 1.82) is 0 Å². The predicted molar refractivity (Wildman–Crippen MR) is 95.6 cm³/mol. The van der Waals surface area contributed by atoms with E-state index in [2.05, 4.69) is 0 Å². The van der Waals surface area contributed by atoms with E-state index in [1.165, 1.54) is 31.0 Å². The Bertz CT molecular complexity index is 812. The van der Waals surface area contributed by atoms with E-state index in [9.17, 15) is 18.0 Å². The lowest BCUT2D eigenvalue weighted by molar-refractivity contribution is -0.140. The van der Waals surface area contributed by atoms with Crippen LogP contribution in [0.3, 0.4) is 0 Å². The first kappa shape index (κ1) is 19.8. The average Bonchev–Trinajstić information content (AvgIpc) is 2.89. The van der Waals surface area contributed by atoms with Gasteiger partial charge in [0.25, 0.3) is 5.91 Å². The second-order valence-electron chi connectivity index (χ2n) is 5.90. The summed E-state index contributed by atoms with van der Waals surface area (Å²) in [4.78, 5) is 25.9. The van der Waals surface area contributed by atoms with Gasteiger partial charge in [-0.05, 0) is 25.5 Å². The molecule has 0 aliphatic carbocycles. The molecule has 0 radical (unpaired) electrons. The number of esters is 1. The van der Waals surface area contributed by atoms with Crippen molar-refractivity contribution in [3.8, 4) is 0 Å². The number of carbonyl (C=O) groups excluding carboxylic acids is 2. The Labute approximate surface area is 155 Å². The molecule has 138 valence electrons. The van der Waals surface area contributed by atoms with Crippen molar-refractivity contribution in [2.45, 2.75) is 25.5 Å². The molecule has 1 heterocycles. The molecule has 2 atom stereocenters. The van der Waals surface area contributed by atoms with E-state index < -0.39 is 33.9 Å². The molecular formula is C15H18Cl2N2O5S. The van der Waals surface area contributed by atoms with E-state index >= 15 is 0 Å². The van der Waals surface area contributed by atoms with Crippen LogP contribution in [0.4, 0.5) is 5.69 Å². The van der Waals surface area contributed by atoms with Gasteiger partial charge in [-0.15, -0.1) is 0 Å². The SMILES string of the molecule is C[C@H](OC(=O)c1cc(Cl)cc(Cl)c1N)C(=O)N(C)[C@@H]1CCS(=O)(=O)C1. The van der Waals surface area contributed by atoms with Crippen molar-refractivity contribution in [2.24, 2.45) is 0 Å². The van der Waals surface area contributed by atoms with E-state index in [0.717, 1.165) is 0 Å². The molecule has 7 nitrogen and oxygen atoms in total. The highest BCUT2D eigenvalue weighted by atomic mass is 35.5. The van der Waals surface area contributed by atoms with Gasteiger partial charge in [0.1, 0.15) is 0 Å². The van der Waals surface area contributed by atoms with Gasteiger partial charge in [-0.25, -0.2) is 13.2 Å². The smallest absolute Gasteiger partial charge is 0.341 e. The van der Waals surface area contributed by atoms with Crippen LogP contribution >= 0.6 is 23.2 Å². The number of ether oxygens (including phenoxy) is 1. The molecule has 1 amide bonds. The number of amides is 1. The molecule has 0 aromatic heterocycles. The molecule has 0 bridgehead atoms. The Hall–Kier alpha value is -1.51. The zero-order valence-electron chi connectivity index (χ0n) is 13.7. The van der Waals surface area contributed by atoms with Crippen LogP contribution in [0, 0.1) is 0 Å². The number of nitrogens with two attached hydrogens (primary N) is 1. The van der Waals surface area contributed by atoms with Crippen LogP contribution in [-0.4, -0.2) is 55.9 Å². The average molecular weight is 409 g/mol. The first-order chi connectivity index (χ1) is 11.5. The van der Waals surface area contributed by atoms with Crippen molar-refractivity contribution in [3.05, 3.63) is 27.7 Å². The zero-order chi connectivity index (χ0) is 18.9. The molecule has 10 heteroatoms. The number of hydrogen-bond donors (Lipinski definition) is 1. The Morgan fingerprint density at radius 3 is 2.56 bits per heavy atom. The predicted octanol–water partition coefficient (Wildman–Crippen LogP) is 1.77. The highest BCUT2D eigenvalue weighted by Gasteiger charge is 2.35. The number of carbonyl (C=O) groups is 2. The molecule has 1 saturated heterocycles. The maximum Gasteiger partial charge on any atom is 0.341 e. The van der Waals surface area contributed by atoms with Gasteiger partial charge in [-0.3, -0.25) is 4.79 Å². The fraction of sp³-hybridized carbons (Fsp3) is 0.467. The largest absolute Gasteiger partial charge is 0.449 e. The van der Waals surface area contributed by atoms with E-state index in [4.69, 9.17) is 33.7 Å². The quantitative estimate of drug-likeness (QED) is 0.600. The summed E-state index contributed by atoms with van der Waals surface area (Å²) in [7, 11) is -1.64. The molecule has 25 heavy (non-hydrogen) atoms. The van der Waals surface area contributed by atoms with Crippen molar-refractivity contribution >= 4 is 50.6 Å². The minimum atomic E-state index is -3.13. The van der Waals surface area contributed by atoms with Crippen LogP contribution < -0.4 is 5.73 Å². The summed E-state index contributed by atoms with van der Waals surface area (Å²) in [6.07, 6.45) is -0.750. The van der Waals surface area contributed by atoms with Crippen LogP contribution in [0.15, 0.2) is 12.1 Å². The Morgan fingerprint density at radius 2 is 2.00 bits per heavy atom. The van der Waals surface area contributed by atoms with Crippen molar-refractivity contribution < 1.29 is 22.7 Å². The number of anilines is 1.